The molecule has 29 heavy (non-hydrogen) atoms. The second kappa shape index (κ2) is 7.84. The minimum atomic E-state index is -4.51. The largest absolute Gasteiger partial charge is 0.451 e. The zero-order valence-corrected chi connectivity index (χ0v) is 17.0. The quantitative estimate of drug-likeness (QED) is 0.653. The van der Waals surface area contributed by atoms with E-state index in [9.17, 15) is 13.2 Å². The number of nitrogens with zero attached hydrogens (tertiary/aromatic N) is 6. The highest BCUT2D eigenvalue weighted by Gasteiger charge is 2.39. The molecule has 5 N–H and O–H groups in total. The molecule has 158 valence electrons. The highest BCUT2D eigenvalue weighted by Crippen LogP contribution is 2.35. The van der Waals surface area contributed by atoms with Crippen LogP contribution in [0, 0.1) is 0 Å². The predicted molar refractivity (Wildman–Crippen MR) is 105 cm³/mol. The Morgan fingerprint density at radius 2 is 2.00 bits per heavy atom. The van der Waals surface area contributed by atoms with Crippen LogP contribution in [0.25, 0.3) is 10.2 Å². The number of rotatable bonds is 4. The summed E-state index contributed by atoms with van der Waals surface area (Å²) < 4.78 is 40.4. The molecule has 8 nitrogen and oxygen atoms in total. The van der Waals surface area contributed by atoms with Gasteiger partial charge in [0.15, 0.2) is 5.82 Å². The number of fused-ring (bicyclic) bond motifs is 2. The fraction of sp³-hybridized carbons (Fsp3) is 0.529. The molecule has 0 fully saturated rings. The standard InChI is InChI=1S/C17H20F3N7S.H3N/c1-3-4-10-7-11-14(22-13(9(2)21)23-15(11)28-10)26-5-6-27-12(8-26)24-25-16(27)17(18,19)20;/h7,9H,3-6,8,21H2,1-2H3;1H3. The molecule has 1 unspecified atom stereocenters. The van der Waals surface area contributed by atoms with Crippen LogP contribution >= 0.6 is 11.3 Å². The second-order valence-electron chi connectivity index (χ2n) is 6.89. The third-order valence-electron chi connectivity index (χ3n) is 4.65. The van der Waals surface area contributed by atoms with E-state index in [0.29, 0.717) is 18.2 Å². The van der Waals surface area contributed by atoms with E-state index in [2.05, 4.69) is 33.2 Å². The molecule has 0 saturated carbocycles. The van der Waals surface area contributed by atoms with Crippen molar-refractivity contribution in [1.82, 2.24) is 30.9 Å². The topological polar surface area (TPSA) is 121 Å². The van der Waals surface area contributed by atoms with E-state index < -0.39 is 12.0 Å². The molecule has 0 aromatic carbocycles. The maximum absolute atomic E-state index is 13.1. The van der Waals surface area contributed by atoms with Gasteiger partial charge in [0, 0.05) is 18.0 Å². The lowest BCUT2D eigenvalue weighted by Gasteiger charge is -2.29. The average molecular weight is 428 g/mol. The first kappa shape index (κ1) is 21.4. The van der Waals surface area contributed by atoms with Gasteiger partial charge in [0.2, 0.25) is 5.82 Å². The van der Waals surface area contributed by atoms with Crippen LogP contribution in [0.4, 0.5) is 19.0 Å². The molecule has 0 spiro atoms. The minimum Gasteiger partial charge on any atom is -0.347 e. The maximum Gasteiger partial charge on any atom is 0.451 e. The van der Waals surface area contributed by atoms with Gasteiger partial charge in [-0.1, -0.05) is 13.3 Å². The summed E-state index contributed by atoms with van der Waals surface area (Å²) in [6.07, 6.45) is -2.56. The highest BCUT2D eigenvalue weighted by molar-refractivity contribution is 7.18. The van der Waals surface area contributed by atoms with Crippen LogP contribution in [0.15, 0.2) is 6.07 Å². The first-order valence-corrected chi connectivity index (χ1v) is 9.89. The van der Waals surface area contributed by atoms with Gasteiger partial charge in [-0.3, -0.25) is 0 Å². The molecule has 0 saturated heterocycles. The molecule has 0 radical (unpaired) electrons. The predicted octanol–water partition coefficient (Wildman–Crippen LogP) is 3.46. The summed E-state index contributed by atoms with van der Waals surface area (Å²) in [5.41, 5.74) is 6.01. The zero-order valence-electron chi connectivity index (χ0n) is 16.2. The summed E-state index contributed by atoms with van der Waals surface area (Å²) in [6, 6.07) is 1.73. The summed E-state index contributed by atoms with van der Waals surface area (Å²) in [5.74, 6) is 0.540. The third kappa shape index (κ3) is 3.91. The lowest BCUT2D eigenvalue weighted by Crippen LogP contribution is -2.36. The van der Waals surface area contributed by atoms with Gasteiger partial charge >= 0.3 is 6.18 Å². The van der Waals surface area contributed by atoms with Crippen LogP contribution in [0.3, 0.4) is 0 Å². The Morgan fingerprint density at radius 1 is 1.24 bits per heavy atom. The first-order valence-electron chi connectivity index (χ1n) is 9.08. The van der Waals surface area contributed by atoms with Crippen LogP contribution in [-0.2, 0) is 25.7 Å². The summed E-state index contributed by atoms with van der Waals surface area (Å²) >= 11 is 1.61. The average Bonchev–Trinajstić information content (AvgIpc) is 3.23. The first-order chi connectivity index (χ1) is 13.3. The van der Waals surface area contributed by atoms with Crippen LogP contribution in [-0.4, -0.2) is 31.3 Å². The number of aromatic nitrogens is 5. The van der Waals surface area contributed by atoms with Crippen molar-refractivity contribution in [1.29, 1.82) is 0 Å². The van der Waals surface area contributed by atoms with Gasteiger partial charge < -0.3 is 21.4 Å². The van der Waals surface area contributed by atoms with Gasteiger partial charge in [0.25, 0.3) is 0 Å². The van der Waals surface area contributed by atoms with E-state index >= 15 is 0 Å². The fourth-order valence-corrected chi connectivity index (χ4v) is 4.47. The van der Waals surface area contributed by atoms with Crippen molar-refractivity contribution in [2.24, 2.45) is 5.73 Å². The van der Waals surface area contributed by atoms with Crippen molar-refractivity contribution in [2.45, 2.75) is 52.0 Å². The van der Waals surface area contributed by atoms with E-state index in [1.54, 1.807) is 11.3 Å². The monoisotopic (exact) mass is 428 g/mol. The number of aryl methyl sites for hydroxylation is 1. The van der Waals surface area contributed by atoms with Crippen LogP contribution in [0.2, 0.25) is 0 Å². The van der Waals surface area contributed by atoms with Crippen molar-refractivity contribution in [3.63, 3.8) is 0 Å². The molecule has 0 aliphatic carbocycles. The van der Waals surface area contributed by atoms with E-state index in [4.69, 9.17) is 5.73 Å². The Balaban J connectivity index is 0.00000240. The van der Waals surface area contributed by atoms with E-state index in [1.165, 1.54) is 4.88 Å². The number of nitrogens with two attached hydrogens (primary N) is 1. The lowest BCUT2D eigenvalue weighted by molar-refractivity contribution is -0.147. The zero-order chi connectivity index (χ0) is 20.1. The van der Waals surface area contributed by atoms with E-state index in [0.717, 1.165) is 27.6 Å². The molecule has 1 atom stereocenters. The number of hydrogen-bond acceptors (Lipinski definition) is 8. The number of halogens is 3. The molecule has 4 rings (SSSR count). The smallest absolute Gasteiger partial charge is 0.347 e. The van der Waals surface area contributed by atoms with Crippen molar-refractivity contribution >= 4 is 27.4 Å². The molecule has 4 heterocycles. The third-order valence-corrected chi connectivity index (χ3v) is 5.74. The Morgan fingerprint density at radius 3 is 2.66 bits per heavy atom. The molecule has 3 aromatic heterocycles. The number of alkyl halides is 3. The van der Waals surface area contributed by atoms with Gasteiger partial charge in [-0.15, -0.1) is 21.5 Å². The SMILES string of the molecule is CCCc1cc2c(N3CCn4c(nnc4C(F)(F)F)C3)nc(C(C)N)nc2s1.N. The molecule has 1 aliphatic rings. The molecular weight excluding hydrogens is 405 g/mol. The Kier molecular flexibility index (Phi) is 5.79. The van der Waals surface area contributed by atoms with Gasteiger partial charge in [-0.25, -0.2) is 9.97 Å². The highest BCUT2D eigenvalue weighted by atomic mass is 32.1. The van der Waals surface area contributed by atoms with Crippen LogP contribution in [0.1, 0.15) is 48.7 Å². The fourth-order valence-electron chi connectivity index (χ4n) is 3.33. The van der Waals surface area contributed by atoms with Crippen molar-refractivity contribution in [3.8, 4) is 0 Å². The molecular formula is C17H23F3N8S. The summed E-state index contributed by atoms with van der Waals surface area (Å²) in [7, 11) is 0. The molecule has 1 aliphatic heterocycles. The van der Waals surface area contributed by atoms with E-state index in [-0.39, 0.29) is 31.1 Å². The van der Waals surface area contributed by atoms with Gasteiger partial charge in [0.1, 0.15) is 16.5 Å². The van der Waals surface area contributed by atoms with Gasteiger partial charge in [-0.05, 0) is 19.4 Å². The van der Waals surface area contributed by atoms with Gasteiger partial charge in [-0.2, -0.15) is 13.2 Å². The summed E-state index contributed by atoms with van der Waals surface area (Å²) in [6.45, 7) is 4.64. The van der Waals surface area contributed by atoms with Crippen molar-refractivity contribution < 1.29 is 13.2 Å². The number of thiophene rings is 1. The lowest BCUT2D eigenvalue weighted by atomic mass is 10.2. The van der Waals surface area contributed by atoms with Crippen LogP contribution < -0.4 is 16.8 Å². The maximum atomic E-state index is 13.1. The van der Waals surface area contributed by atoms with Crippen LogP contribution in [0.5, 0.6) is 0 Å². The molecule has 0 bridgehead atoms. The molecule has 0 amide bonds. The van der Waals surface area contributed by atoms with Crippen molar-refractivity contribution in [2.75, 3.05) is 11.4 Å². The summed E-state index contributed by atoms with van der Waals surface area (Å²) in [5, 5.41) is 8.01. The number of hydrogen-bond donors (Lipinski definition) is 2. The Hall–Kier alpha value is -2.31. The Labute approximate surface area is 169 Å². The van der Waals surface area contributed by atoms with E-state index in [1.807, 2.05) is 11.8 Å². The molecule has 12 heteroatoms. The minimum absolute atomic E-state index is 0. The second-order valence-corrected chi connectivity index (χ2v) is 8.00. The summed E-state index contributed by atoms with van der Waals surface area (Å²) in [4.78, 5) is 13.2. The number of anilines is 1. The van der Waals surface area contributed by atoms with Gasteiger partial charge in [0.05, 0.1) is 18.0 Å². The Bertz CT molecular complexity index is 1010. The van der Waals surface area contributed by atoms with Crippen molar-refractivity contribution in [3.05, 3.63) is 28.4 Å². The molecule has 3 aromatic rings. The normalized spacial score (nSPS) is 15.3.